The van der Waals surface area contributed by atoms with Gasteiger partial charge in [-0.05, 0) is 23.5 Å². The standard InChI is InChI=1S/C13H18O2.C4H3FN2O2.HNO2.2H3N.Pt/c1-9(2)8-11-4-6-12(7-5-11)10(3)13(14)15;5-2-1-6-4(9)7-3(2)8;2-1-3;;;/h4-7,9-10H,8H2,1-3H3,(H,14,15);1H,(H2,6,7,8,9);(H,2,3);2*1H3;/q;;;;;+2/p-2. The number of nitrogens with zero attached hydrogens (tertiary/aromatic N) is 1. The molecule has 172 valence electrons. The molecule has 1 aromatic heterocycles. The topological polar surface area (TPSA) is 228 Å². The number of carboxylic acids is 1. The molecule has 0 fully saturated rings. The van der Waals surface area contributed by atoms with E-state index in [0.29, 0.717) is 12.1 Å². The van der Waals surface area contributed by atoms with Crippen molar-refractivity contribution in [3.8, 4) is 0 Å². The minimum Gasteiger partial charge on any atom is -0.550 e. The van der Waals surface area contributed by atoms with Crippen LogP contribution in [0.1, 0.15) is 37.8 Å². The summed E-state index contributed by atoms with van der Waals surface area (Å²) in [6.45, 7) is 5.97. The fourth-order valence-corrected chi connectivity index (χ4v) is 1.94. The minimum atomic E-state index is -1.02. The van der Waals surface area contributed by atoms with Crippen molar-refractivity contribution in [3.05, 3.63) is 78.4 Å². The summed E-state index contributed by atoms with van der Waals surface area (Å²) in [6.07, 6.45) is 1.74. The van der Waals surface area contributed by atoms with Crippen LogP contribution in [0.25, 0.3) is 0 Å². The molecule has 0 aliphatic heterocycles. The monoisotopic (exact) mass is 610 g/mol. The number of carboxylic acid groups (broad SMARTS) is 1. The van der Waals surface area contributed by atoms with Crippen LogP contribution in [0.5, 0.6) is 0 Å². The maximum Gasteiger partial charge on any atom is 2.00 e. The minimum absolute atomic E-state index is 0. The average Bonchev–Trinajstić information content (AvgIpc) is 2.59. The molecule has 0 spiro atoms. The molecule has 2 rings (SSSR count). The SMILES string of the molecule is CC(C)Cc1ccc(C(C)C(=O)[O-])cc1.N.N.O=N[O-].O=c1[nH]cc(F)c(=O)[nH]1.[Pt+2]. The molecule has 0 bridgehead atoms. The molecule has 1 heterocycles. The molecule has 8 N–H and O–H groups in total. The van der Waals surface area contributed by atoms with Crippen LogP contribution in [0.4, 0.5) is 4.39 Å². The van der Waals surface area contributed by atoms with Gasteiger partial charge in [0.15, 0.2) is 0 Å². The largest absolute Gasteiger partial charge is 2.00 e. The van der Waals surface area contributed by atoms with E-state index in [1.165, 1.54) is 5.56 Å². The molecule has 11 nitrogen and oxygen atoms in total. The molecule has 0 amide bonds. The second-order valence-corrected chi connectivity index (χ2v) is 5.87. The fourth-order valence-electron chi connectivity index (χ4n) is 1.94. The Bertz CT molecular complexity index is 842. The van der Waals surface area contributed by atoms with Gasteiger partial charge in [-0.3, -0.25) is 9.78 Å². The van der Waals surface area contributed by atoms with Gasteiger partial charge in [-0.1, -0.05) is 45.0 Å². The van der Waals surface area contributed by atoms with Gasteiger partial charge < -0.3 is 37.3 Å². The number of nitrogens with one attached hydrogen (secondary N) is 2. The summed E-state index contributed by atoms with van der Waals surface area (Å²) in [5, 5.41) is 19.7. The van der Waals surface area contributed by atoms with E-state index < -0.39 is 29.0 Å². The van der Waals surface area contributed by atoms with Crippen LogP contribution in [0, 0.1) is 21.8 Å². The van der Waals surface area contributed by atoms with E-state index in [4.69, 9.17) is 10.1 Å². The number of aromatic amines is 2. The number of hydrogen-bond donors (Lipinski definition) is 4. The van der Waals surface area contributed by atoms with E-state index in [1.807, 2.05) is 29.2 Å². The Morgan fingerprint density at radius 1 is 1.13 bits per heavy atom. The van der Waals surface area contributed by atoms with Gasteiger partial charge in [0, 0.05) is 18.1 Å². The summed E-state index contributed by atoms with van der Waals surface area (Å²) < 4.78 is 12.0. The van der Waals surface area contributed by atoms with Gasteiger partial charge in [-0.15, -0.1) is 5.34 Å². The normalized spacial score (nSPS) is 9.63. The van der Waals surface area contributed by atoms with Crippen LogP contribution in [-0.4, -0.2) is 15.9 Å². The molecule has 1 atom stereocenters. The van der Waals surface area contributed by atoms with E-state index in [1.54, 1.807) is 11.9 Å². The zero-order valence-electron chi connectivity index (χ0n) is 16.8. The Balaban J connectivity index is -0.000000195. The maximum atomic E-state index is 12.0. The van der Waals surface area contributed by atoms with Gasteiger partial charge in [0.05, 0.1) is 0 Å². The van der Waals surface area contributed by atoms with Crippen molar-refractivity contribution in [2.75, 3.05) is 0 Å². The van der Waals surface area contributed by atoms with Crippen LogP contribution in [0.2, 0.25) is 0 Å². The molecule has 13 heteroatoms. The Labute approximate surface area is 186 Å². The third-order valence-electron chi connectivity index (χ3n) is 3.25. The van der Waals surface area contributed by atoms with Crippen molar-refractivity contribution in [2.45, 2.75) is 33.1 Å². The number of carbonyl (C=O) groups is 1. The molecule has 2 aromatic rings. The number of carbonyl (C=O) groups excluding carboxylic acids is 1. The van der Waals surface area contributed by atoms with Gasteiger partial charge in [0.25, 0.3) is 5.56 Å². The predicted molar refractivity (Wildman–Crippen MR) is 105 cm³/mol. The first-order chi connectivity index (χ1) is 12.6. The molecule has 0 radical (unpaired) electrons. The molecule has 30 heavy (non-hydrogen) atoms. The third-order valence-corrected chi connectivity index (χ3v) is 3.25. The molecule has 1 aromatic carbocycles. The van der Waals surface area contributed by atoms with E-state index >= 15 is 0 Å². The van der Waals surface area contributed by atoms with Crippen molar-refractivity contribution in [1.29, 1.82) is 0 Å². The first kappa shape index (κ1) is 34.8. The van der Waals surface area contributed by atoms with Gasteiger partial charge in [-0.2, -0.15) is 4.39 Å². The molecule has 0 saturated carbocycles. The Morgan fingerprint density at radius 2 is 1.60 bits per heavy atom. The second kappa shape index (κ2) is 18.3. The zero-order chi connectivity index (χ0) is 21.0. The van der Waals surface area contributed by atoms with Crippen molar-refractivity contribution >= 4 is 5.97 Å². The van der Waals surface area contributed by atoms with Crippen molar-refractivity contribution in [3.63, 3.8) is 0 Å². The van der Waals surface area contributed by atoms with Crippen LogP contribution >= 0.6 is 0 Å². The van der Waals surface area contributed by atoms with Crippen LogP contribution in [0.15, 0.2) is 45.4 Å². The maximum absolute atomic E-state index is 12.0. The molecule has 0 saturated heterocycles. The van der Waals surface area contributed by atoms with Crippen LogP contribution < -0.4 is 28.7 Å². The number of rotatable bonds is 4. The fraction of sp³-hybridized carbons (Fsp3) is 0.353. The van der Waals surface area contributed by atoms with Crippen molar-refractivity contribution < 1.29 is 35.4 Å². The number of halogens is 1. The number of benzene rings is 1. The van der Waals surface area contributed by atoms with Crippen molar-refractivity contribution in [2.24, 2.45) is 11.3 Å². The van der Waals surface area contributed by atoms with Gasteiger partial charge in [0.1, 0.15) is 0 Å². The van der Waals surface area contributed by atoms with E-state index in [2.05, 4.69) is 13.8 Å². The number of H-pyrrole nitrogens is 2. The second-order valence-electron chi connectivity index (χ2n) is 5.87. The summed E-state index contributed by atoms with van der Waals surface area (Å²) in [5.74, 6) is -1.92. The Morgan fingerprint density at radius 3 is 1.93 bits per heavy atom. The molecular weight excluding hydrogens is 584 g/mol. The molecule has 1 unspecified atom stereocenters. The molecular formula is C17H26FN5O6Pt. The zero-order valence-corrected chi connectivity index (χ0v) is 19.0. The van der Waals surface area contributed by atoms with Crippen LogP contribution in [-0.2, 0) is 32.3 Å². The van der Waals surface area contributed by atoms with Crippen molar-refractivity contribution in [1.82, 2.24) is 22.3 Å². The first-order valence-electron chi connectivity index (χ1n) is 7.84. The van der Waals surface area contributed by atoms with Crippen LogP contribution in [0.3, 0.4) is 0 Å². The quantitative estimate of drug-likeness (QED) is 0.292. The van der Waals surface area contributed by atoms with E-state index in [0.717, 1.165) is 17.3 Å². The number of aromatic nitrogens is 2. The summed E-state index contributed by atoms with van der Waals surface area (Å²) in [6, 6.07) is 7.74. The summed E-state index contributed by atoms with van der Waals surface area (Å²) >= 11 is 0. The van der Waals surface area contributed by atoms with Gasteiger partial charge in [0.2, 0.25) is 5.82 Å². The van der Waals surface area contributed by atoms with E-state index in [9.17, 15) is 23.9 Å². The first-order valence-corrected chi connectivity index (χ1v) is 7.84. The average molecular weight is 611 g/mol. The molecule has 0 aliphatic rings. The third kappa shape index (κ3) is 14.3. The van der Waals surface area contributed by atoms with E-state index in [-0.39, 0.29) is 33.4 Å². The molecule has 0 aliphatic carbocycles. The summed E-state index contributed by atoms with van der Waals surface area (Å²) in [4.78, 5) is 42.7. The smallest absolute Gasteiger partial charge is 0.550 e. The Kier molecular flexibility index (Phi) is 21.3. The summed E-state index contributed by atoms with van der Waals surface area (Å²) in [5.41, 5.74) is 0.349. The van der Waals surface area contributed by atoms with Gasteiger partial charge >= 0.3 is 26.8 Å². The summed E-state index contributed by atoms with van der Waals surface area (Å²) in [7, 11) is 0. The predicted octanol–water partition coefficient (Wildman–Crippen LogP) is 1.51. The number of aliphatic carboxylic acids is 1. The van der Waals surface area contributed by atoms with Gasteiger partial charge in [-0.25, -0.2) is 4.79 Å². The Hall–Kier alpha value is -2.69. The number of hydrogen-bond acceptors (Lipinski definition) is 9.